The zero-order chi connectivity index (χ0) is 14.7. The molecule has 1 aliphatic heterocycles. The number of nitrogen functional groups attached to an aromatic ring is 1. The van der Waals surface area contributed by atoms with Crippen molar-refractivity contribution >= 4 is 17.3 Å². The number of benzene rings is 1. The van der Waals surface area contributed by atoms with Crippen molar-refractivity contribution in [3.63, 3.8) is 0 Å². The van der Waals surface area contributed by atoms with Crippen LogP contribution in [0.4, 0.5) is 11.4 Å². The topological polar surface area (TPSA) is 61.6 Å². The minimum Gasteiger partial charge on any atom is -0.397 e. The van der Waals surface area contributed by atoms with Crippen molar-refractivity contribution in [1.82, 2.24) is 9.80 Å². The molecule has 5 nitrogen and oxygen atoms in total. The normalized spacial score (nSPS) is 16.9. The minimum atomic E-state index is -0.0254. The number of piperidine rings is 1. The molecule has 1 fully saturated rings. The molecule has 20 heavy (non-hydrogen) atoms. The predicted molar refractivity (Wildman–Crippen MR) is 83.0 cm³/mol. The third kappa shape index (κ3) is 3.42. The molecule has 1 aromatic carbocycles. The van der Waals surface area contributed by atoms with Crippen LogP contribution in [0.25, 0.3) is 0 Å². The first-order valence-corrected chi connectivity index (χ1v) is 7.03. The fraction of sp³-hybridized carbons (Fsp3) is 0.533. The number of nitrogens with one attached hydrogen (secondary N) is 1. The molecule has 0 atom stereocenters. The largest absolute Gasteiger partial charge is 0.397 e. The number of amides is 1. The van der Waals surface area contributed by atoms with E-state index in [1.54, 1.807) is 25.1 Å². The Labute approximate surface area is 120 Å². The average Bonchev–Trinajstić information content (AvgIpc) is 2.42. The fourth-order valence-electron chi connectivity index (χ4n) is 2.46. The Balaban J connectivity index is 2.04. The Bertz CT molecular complexity index is 479. The van der Waals surface area contributed by atoms with Gasteiger partial charge in [-0.15, -0.1) is 0 Å². The summed E-state index contributed by atoms with van der Waals surface area (Å²) in [6.45, 7) is 2.21. The van der Waals surface area contributed by atoms with Gasteiger partial charge in [0, 0.05) is 25.7 Å². The molecule has 3 N–H and O–H groups in total. The SMILES string of the molecule is CN1CCC(Nc2ccc(C(=O)N(C)C)cc2N)CC1. The molecule has 0 saturated carbocycles. The molecule has 1 aromatic rings. The van der Waals surface area contributed by atoms with E-state index in [1.807, 2.05) is 12.1 Å². The summed E-state index contributed by atoms with van der Waals surface area (Å²) in [5.41, 5.74) is 8.25. The van der Waals surface area contributed by atoms with Crippen LogP contribution in [-0.2, 0) is 0 Å². The summed E-state index contributed by atoms with van der Waals surface area (Å²) < 4.78 is 0. The summed E-state index contributed by atoms with van der Waals surface area (Å²) in [7, 11) is 5.62. The monoisotopic (exact) mass is 276 g/mol. The summed E-state index contributed by atoms with van der Waals surface area (Å²) in [5.74, 6) is -0.0254. The van der Waals surface area contributed by atoms with Gasteiger partial charge in [0.1, 0.15) is 0 Å². The standard InChI is InChI=1S/C15H24N4O/c1-18(2)15(20)11-4-5-14(13(16)10-11)17-12-6-8-19(3)9-7-12/h4-5,10,12,17H,6-9,16H2,1-3H3. The van der Waals surface area contributed by atoms with Crippen molar-refractivity contribution in [2.24, 2.45) is 0 Å². The molecule has 0 bridgehead atoms. The zero-order valence-electron chi connectivity index (χ0n) is 12.5. The van der Waals surface area contributed by atoms with Crippen LogP contribution in [0.3, 0.4) is 0 Å². The maximum absolute atomic E-state index is 11.9. The summed E-state index contributed by atoms with van der Waals surface area (Å²) in [5, 5.41) is 3.49. The van der Waals surface area contributed by atoms with Crippen LogP contribution in [0.15, 0.2) is 18.2 Å². The summed E-state index contributed by atoms with van der Waals surface area (Å²) in [6.07, 6.45) is 2.24. The molecular weight excluding hydrogens is 252 g/mol. The van der Waals surface area contributed by atoms with Crippen LogP contribution < -0.4 is 11.1 Å². The maximum Gasteiger partial charge on any atom is 0.253 e. The van der Waals surface area contributed by atoms with Gasteiger partial charge < -0.3 is 20.9 Å². The van der Waals surface area contributed by atoms with E-state index in [9.17, 15) is 4.79 Å². The Morgan fingerprint density at radius 2 is 2.00 bits per heavy atom. The van der Waals surface area contributed by atoms with Gasteiger partial charge in [0.05, 0.1) is 11.4 Å². The second kappa shape index (κ2) is 6.13. The van der Waals surface area contributed by atoms with E-state index in [1.165, 1.54) is 0 Å². The molecule has 1 saturated heterocycles. The number of nitrogens with zero attached hydrogens (tertiary/aromatic N) is 2. The van der Waals surface area contributed by atoms with E-state index in [0.717, 1.165) is 31.6 Å². The summed E-state index contributed by atoms with van der Waals surface area (Å²) in [6, 6.07) is 5.95. The lowest BCUT2D eigenvalue weighted by Crippen LogP contribution is -2.36. The highest BCUT2D eigenvalue weighted by Crippen LogP contribution is 2.23. The van der Waals surface area contributed by atoms with Crippen molar-refractivity contribution in [1.29, 1.82) is 0 Å². The molecule has 2 rings (SSSR count). The molecule has 0 spiro atoms. The number of hydrogen-bond donors (Lipinski definition) is 2. The number of hydrogen-bond acceptors (Lipinski definition) is 4. The quantitative estimate of drug-likeness (QED) is 0.821. The van der Waals surface area contributed by atoms with Crippen LogP contribution in [0.2, 0.25) is 0 Å². The van der Waals surface area contributed by atoms with Crippen molar-refractivity contribution in [3.05, 3.63) is 23.8 Å². The van der Waals surface area contributed by atoms with Crippen LogP contribution in [0.1, 0.15) is 23.2 Å². The highest BCUT2D eigenvalue weighted by molar-refractivity contribution is 5.95. The molecule has 0 aromatic heterocycles. The molecule has 5 heteroatoms. The summed E-state index contributed by atoms with van der Waals surface area (Å²) in [4.78, 5) is 15.8. The Kier molecular flexibility index (Phi) is 4.49. The van der Waals surface area contributed by atoms with Gasteiger partial charge in [-0.25, -0.2) is 0 Å². The highest BCUT2D eigenvalue weighted by Gasteiger charge is 2.17. The minimum absolute atomic E-state index is 0.0254. The molecule has 0 aliphatic carbocycles. The number of nitrogens with two attached hydrogens (primary N) is 1. The predicted octanol–water partition coefficient (Wildman–Crippen LogP) is 1.48. The number of anilines is 2. The first kappa shape index (κ1) is 14.7. The second-order valence-corrected chi connectivity index (χ2v) is 5.72. The van der Waals surface area contributed by atoms with E-state index >= 15 is 0 Å². The van der Waals surface area contributed by atoms with Crippen molar-refractivity contribution in [2.45, 2.75) is 18.9 Å². The fourth-order valence-corrected chi connectivity index (χ4v) is 2.46. The van der Waals surface area contributed by atoms with Crippen LogP contribution >= 0.6 is 0 Å². The molecule has 0 radical (unpaired) electrons. The van der Waals surface area contributed by atoms with Gasteiger partial charge in [0.25, 0.3) is 5.91 Å². The van der Waals surface area contributed by atoms with Crippen molar-refractivity contribution in [2.75, 3.05) is 45.3 Å². The average molecular weight is 276 g/mol. The van der Waals surface area contributed by atoms with Crippen molar-refractivity contribution < 1.29 is 4.79 Å². The molecular formula is C15H24N4O. The number of carbonyl (C=O) groups is 1. The lowest BCUT2D eigenvalue weighted by Gasteiger charge is -2.30. The first-order valence-electron chi connectivity index (χ1n) is 7.03. The van der Waals surface area contributed by atoms with Crippen LogP contribution in [0.5, 0.6) is 0 Å². The molecule has 0 unspecified atom stereocenters. The van der Waals surface area contributed by atoms with E-state index in [2.05, 4.69) is 17.3 Å². The van der Waals surface area contributed by atoms with Gasteiger partial charge >= 0.3 is 0 Å². The number of rotatable bonds is 3. The van der Waals surface area contributed by atoms with Crippen molar-refractivity contribution in [3.8, 4) is 0 Å². The van der Waals surface area contributed by atoms with E-state index < -0.39 is 0 Å². The third-order valence-corrected chi connectivity index (χ3v) is 3.78. The van der Waals surface area contributed by atoms with E-state index in [4.69, 9.17) is 5.73 Å². The molecule has 1 amide bonds. The third-order valence-electron chi connectivity index (χ3n) is 3.78. The van der Waals surface area contributed by atoms with Gasteiger partial charge in [0.15, 0.2) is 0 Å². The van der Waals surface area contributed by atoms with Gasteiger partial charge in [-0.2, -0.15) is 0 Å². The maximum atomic E-state index is 11.9. The van der Waals surface area contributed by atoms with Crippen LogP contribution in [0, 0.1) is 0 Å². The lowest BCUT2D eigenvalue weighted by atomic mass is 10.0. The first-order chi connectivity index (χ1) is 9.47. The smallest absolute Gasteiger partial charge is 0.253 e. The highest BCUT2D eigenvalue weighted by atomic mass is 16.2. The summed E-state index contributed by atoms with van der Waals surface area (Å²) >= 11 is 0. The van der Waals surface area contributed by atoms with E-state index in [-0.39, 0.29) is 5.91 Å². The van der Waals surface area contributed by atoms with Gasteiger partial charge in [-0.1, -0.05) is 0 Å². The van der Waals surface area contributed by atoms with Gasteiger partial charge in [0.2, 0.25) is 0 Å². The number of likely N-dealkylation sites (tertiary alicyclic amines) is 1. The lowest BCUT2D eigenvalue weighted by molar-refractivity contribution is 0.0827. The molecule has 1 heterocycles. The van der Waals surface area contributed by atoms with Gasteiger partial charge in [-0.3, -0.25) is 4.79 Å². The van der Waals surface area contributed by atoms with Crippen LogP contribution in [-0.4, -0.2) is 56.0 Å². The Hall–Kier alpha value is -1.75. The van der Waals surface area contributed by atoms with Gasteiger partial charge in [-0.05, 0) is 51.2 Å². The Morgan fingerprint density at radius 1 is 1.35 bits per heavy atom. The second-order valence-electron chi connectivity index (χ2n) is 5.72. The molecule has 1 aliphatic rings. The number of carbonyl (C=O) groups excluding carboxylic acids is 1. The Morgan fingerprint density at radius 3 is 2.55 bits per heavy atom. The van der Waals surface area contributed by atoms with E-state index in [0.29, 0.717) is 17.3 Å². The zero-order valence-corrected chi connectivity index (χ0v) is 12.5. The molecule has 110 valence electrons.